The SMILES string of the molecule is CSN1CCN(c2ccc(C(=O)Nc3ccc(Cl)c(NC(=O)c4ccc(F)cc4)c3)cn2)CC1. The van der Waals surface area contributed by atoms with Crippen LogP contribution in [0.15, 0.2) is 60.8 Å². The number of hydrogen-bond acceptors (Lipinski definition) is 6. The van der Waals surface area contributed by atoms with E-state index in [2.05, 4.69) is 31.1 Å². The first-order valence-corrected chi connectivity index (χ1v) is 12.2. The van der Waals surface area contributed by atoms with E-state index < -0.39 is 11.7 Å². The Kier molecular flexibility index (Phi) is 7.66. The summed E-state index contributed by atoms with van der Waals surface area (Å²) in [5.41, 5.74) is 1.49. The third-order valence-electron chi connectivity index (χ3n) is 5.41. The van der Waals surface area contributed by atoms with E-state index in [4.69, 9.17) is 11.6 Å². The quantitative estimate of drug-likeness (QED) is 0.475. The third kappa shape index (κ3) is 5.85. The number of piperazine rings is 1. The molecule has 1 aliphatic rings. The highest BCUT2D eigenvalue weighted by atomic mass is 35.5. The molecule has 0 spiro atoms. The Morgan fingerprint density at radius 3 is 2.26 bits per heavy atom. The lowest BCUT2D eigenvalue weighted by atomic mass is 10.2. The number of anilines is 3. The van der Waals surface area contributed by atoms with Gasteiger partial charge >= 0.3 is 0 Å². The van der Waals surface area contributed by atoms with Crippen LogP contribution in [0.25, 0.3) is 0 Å². The highest BCUT2D eigenvalue weighted by Gasteiger charge is 2.18. The Balaban J connectivity index is 1.40. The molecule has 0 unspecified atom stereocenters. The maximum Gasteiger partial charge on any atom is 0.257 e. The zero-order valence-corrected chi connectivity index (χ0v) is 20.0. The van der Waals surface area contributed by atoms with E-state index in [1.807, 2.05) is 6.07 Å². The summed E-state index contributed by atoms with van der Waals surface area (Å²) in [7, 11) is 0. The molecule has 34 heavy (non-hydrogen) atoms. The zero-order valence-electron chi connectivity index (χ0n) is 18.4. The van der Waals surface area contributed by atoms with Crippen LogP contribution in [0.4, 0.5) is 21.6 Å². The summed E-state index contributed by atoms with van der Waals surface area (Å²) in [6.07, 6.45) is 3.63. The molecule has 2 aromatic carbocycles. The van der Waals surface area contributed by atoms with Crippen LogP contribution in [0, 0.1) is 5.82 Å². The van der Waals surface area contributed by atoms with Crippen molar-refractivity contribution in [3.63, 3.8) is 0 Å². The van der Waals surface area contributed by atoms with Crippen molar-refractivity contribution in [2.24, 2.45) is 0 Å². The van der Waals surface area contributed by atoms with Crippen molar-refractivity contribution in [2.75, 3.05) is 48.0 Å². The number of amides is 2. The fraction of sp³-hybridized carbons (Fsp3) is 0.208. The number of nitrogens with zero attached hydrogens (tertiary/aromatic N) is 3. The molecule has 7 nitrogen and oxygen atoms in total. The van der Waals surface area contributed by atoms with Gasteiger partial charge in [0.25, 0.3) is 11.8 Å². The Labute approximate surface area is 206 Å². The number of carbonyl (C=O) groups is 2. The van der Waals surface area contributed by atoms with Gasteiger partial charge in [-0.25, -0.2) is 13.7 Å². The number of halogens is 2. The van der Waals surface area contributed by atoms with Crippen LogP contribution in [0.1, 0.15) is 20.7 Å². The topological polar surface area (TPSA) is 77.6 Å². The average Bonchev–Trinajstić information content (AvgIpc) is 2.86. The van der Waals surface area contributed by atoms with Crippen molar-refractivity contribution < 1.29 is 14.0 Å². The molecule has 1 saturated heterocycles. The normalized spacial score (nSPS) is 14.0. The fourth-order valence-corrected chi connectivity index (χ4v) is 4.20. The molecular weight excluding hydrogens is 477 g/mol. The van der Waals surface area contributed by atoms with Crippen molar-refractivity contribution in [1.29, 1.82) is 0 Å². The van der Waals surface area contributed by atoms with Gasteiger partial charge in [0, 0.05) is 43.6 Å². The van der Waals surface area contributed by atoms with Gasteiger partial charge in [0.05, 0.1) is 16.3 Å². The predicted octanol–water partition coefficient (Wildman–Crippen LogP) is 4.78. The van der Waals surface area contributed by atoms with E-state index in [9.17, 15) is 14.0 Å². The number of hydrogen-bond donors (Lipinski definition) is 2. The first-order valence-electron chi connectivity index (χ1n) is 10.6. The maximum absolute atomic E-state index is 13.1. The monoisotopic (exact) mass is 499 g/mol. The molecule has 1 aromatic heterocycles. The van der Waals surface area contributed by atoms with E-state index in [-0.39, 0.29) is 11.5 Å². The van der Waals surface area contributed by atoms with E-state index in [1.165, 1.54) is 24.3 Å². The van der Waals surface area contributed by atoms with Gasteiger partial charge in [-0.2, -0.15) is 0 Å². The first-order chi connectivity index (χ1) is 16.4. The summed E-state index contributed by atoms with van der Waals surface area (Å²) in [4.78, 5) is 31.8. The Morgan fingerprint density at radius 2 is 1.62 bits per heavy atom. The molecule has 2 N–H and O–H groups in total. The summed E-state index contributed by atoms with van der Waals surface area (Å²) in [5, 5.41) is 5.79. The van der Waals surface area contributed by atoms with E-state index in [1.54, 1.807) is 42.4 Å². The van der Waals surface area contributed by atoms with Crippen LogP contribution in [-0.2, 0) is 0 Å². The highest BCUT2D eigenvalue weighted by Crippen LogP contribution is 2.27. The fourth-order valence-electron chi connectivity index (χ4n) is 3.51. The second kappa shape index (κ2) is 10.9. The molecule has 0 atom stereocenters. The van der Waals surface area contributed by atoms with E-state index in [0.29, 0.717) is 22.0 Å². The van der Waals surface area contributed by atoms with Gasteiger partial charge in [-0.15, -0.1) is 0 Å². The number of aromatic nitrogens is 1. The number of pyridine rings is 1. The smallest absolute Gasteiger partial charge is 0.257 e. The van der Waals surface area contributed by atoms with Crippen molar-refractivity contribution in [3.8, 4) is 0 Å². The minimum Gasteiger partial charge on any atom is -0.354 e. The number of nitrogens with one attached hydrogen (secondary N) is 2. The third-order valence-corrected chi connectivity index (χ3v) is 6.62. The average molecular weight is 500 g/mol. The summed E-state index contributed by atoms with van der Waals surface area (Å²) < 4.78 is 15.4. The number of benzene rings is 2. The van der Waals surface area contributed by atoms with Gasteiger partial charge in [0.15, 0.2) is 0 Å². The molecule has 1 aliphatic heterocycles. The van der Waals surface area contributed by atoms with Crippen LogP contribution in [-0.4, -0.2) is 53.5 Å². The minimum atomic E-state index is -0.441. The zero-order chi connectivity index (χ0) is 24.1. The molecule has 4 rings (SSSR count). The molecule has 0 saturated carbocycles. The van der Waals surface area contributed by atoms with Crippen molar-refractivity contribution in [3.05, 3.63) is 82.8 Å². The van der Waals surface area contributed by atoms with Gasteiger partial charge in [-0.3, -0.25) is 9.59 Å². The molecular formula is C24H23ClFN5O2S. The Bertz CT molecular complexity index is 1170. The number of carbonyl (C=O) groups excluding carboxylic acids is 2. The standard InChI is InChI=1S/C24H23ClFN5O2S/c1-34-31-12-10-30(11-13-31)22-9-4-17(15-27-22)24(33)28-19-7-8-20(25)21(14-19)29-23(32)16-2-5-18(26)6-3-16/h2-9,14-15H,10-13H2,1H3,(H,28,33)(H,29,32). The van der Waals surface area contributed by atoms with Gasteiger partial charge in [0.1, 0.15) is 11.6 Å². The van der Waals surface area contributed by atoms with Crippen molar-refractivity contribution >= 4 is 52.6 Å². The van der Waals surface area contributed by atoms with E-state index >= 15 is 0 Å². The molecule has 3 aromatic rings. The van der Waals surface area contributed by atoms with Gasteiger partial charge in [0.2, 0.25) is 0 Å². The van der Waals surface area contributed by atoms with Crippen LogP contribution in [0.2, 0.25) is 5.02 Å². The molecule has 2 heterocycles. The lowest BCUT2D eigenvalue weighted by Gasteiger charge is -2.33. The molecule has 0 aliphatic carbocycles. The molecule has 176 valence electrons. The summed E-state index contributed by atoms with van der Waals surface area (Å²) in [5.74, 6) is -0.359. The second-order valence-electron chi connectivity index (χ2n) is 7.61. The van der Waals surface area contributed by atoms with Crippen LogP contribution in [0.5, 0.6) is 0 Å². The van der Waals surface area contributed by atoms with Crippen molar-refractivity contribution in [2.45, 2.75) is 0 Å². The molecule has 0 bridgehead atoms. The van der Waals surface area contributed by atoms with E-state index in [0.717, 1.165) is 32.0 Å². The lowest BCUT2D eigenvalue weighted by Crippen LogP contribution is -2.43. The molecule has 0 radical (unpaired) electrons. The summed E-state index contributed by atoms with van der Waals surface area (Å²) >= 11 is 7.95. The van der Waals surface area contributed by atoms with Gasteiger partial charge < -0.3 is 15.5 Å². The van der Waals surface area contributed by atoms with Crippen LogP contribution < -0.4 is 15.5 Å². The molecule has 10 heteroatoms. The Hall–Kier alpha value is -3.14. The summed E-state index contributed by atoms with van der Waals surface area (Å²) in [6, 6.07) is 13.5. The van der Waals surface area contributed by atoms with Crippen LogP contribution >= 0.6 is 23.5 Å². The van der Waals surface area contributed by atoms with Crippen molar-refractivity contribution in [1.82, 2.24) is 9.29 Å². The van der Waals surface area contributed by atoms with Gasteiger partial charge in [-0.1, -0.05) is 23.5 Å². The predicted molar refractivity (Wildman–Crippen MR) is 135 cm³/mol. The second-order valence-corrected chi connectivity index (χ2v) is 8.90. The maximum atomic E-state index is 13.1. The lowest BCUT2D eigenvalue weighted by molar-refractivity contribution is 0.101. The molecule has 1 fully saturated rings. The first kappa shape index (κ1) is 24.0. The summed E-state index contributed by atoms with van der Waals surface area (Å²) in [6.45, 7) is 3.69. The minimum absolute atomic E-state index is 0.285. The largest absolute Gasteiger partial charge is 0.354 e. The number of rotatable bonds is 6. The Morgan fingerprint density at radius 1 is 0.941 bits per heavy atom. The van der Waals surface area contributed by atoms with Crippen LogP contribution in [0.3, 0.4) is 0 Å². The molecule has 2 amide bonds. The highest BCUT2D eigenvalue weighted by molar-refractivity contribution is 7.96. The van der Waals surface area contributed by atoms with Gasteiger partial charge in [-0.05, 0) is 60.9 Å².